The molecule has 1 aliphatic carbocycles. The van der Waals surface area contributed by atoms with Gasteiger partial charge in [0, 0.05) is 24.8 Å². The molecule has 2 aromatic rings. The number of likely N-dealkylation sites (N-methyl/N-ethyl adjacent to an activating group) is 1. The third-order valence-corrected chi connectivity index (χ3v) is 5.08. The number of fused-ring (bicyclic) bond motifs is 1. The van der Waals surface area contributed by atoms with Crippen LogP contribution in [0.25, 0.3) is 10.2 Å². The Kier molecular flexibility index (Phi) is 4.08. The zero-order valence-corrected chi connectivity index (χ0v) is 12.7. The summed E-state index contributed by atoms with van der Waals surface area (Å²) in [4.78, 5) is 7.06. The monoisotopic (exact) mass is 290 g/mol. The predicted molar refractivity (Wildman–Crippen MR) is 87.4 cm³/mol. The van der Waals surface area contributed by atoms with E-state index in [1.807, 2.05) is 18.2 Å². The molecule has 0 radical (unpaired) electrons. The van der Waals surface area contributed by atoms with Crippen LogP contribution >= 0.6 is 11.3 Å². The van der Waals surface area contributed by atoms with Gasteiger partial charge in [-0.2, -0.15) is 0 Å². The number of thiazole rings is 1. The zero-order chi connectivity index (χ0) is 13.9. The first kappa shape index (κ1) is 13.6. The standard InChI is InChI=1S/C15H22N4S/c1-19(12-4-2-3-5-12)9-8-17-15-18-13-7-6-11(16)10-14(13)20-15/h6-7,10,12H,2-5,8-9,16H2,1H3,(H,17,18). The first-order valence-electron chi connectivity index (χ1n) is 7.32. The largest absolute Gasteiger partial charge is 0.399 e. The second-order valence-electron chi connectivity index (χ2n) is 5.59. The number of benzene rings is 1. The Balaban J connectivity index is 1.54. The highest BCUT2D eigenvalue weighted by atomic mass is 32.1. The van der Waals surface area contributed by atoms with Crippen molar-refractivity contribution in [2.24, 2.45) is 0 Å². The Bertz CT molecular complexity index is 574. The van der Waals surface area contributed by atoms with Gasteiger partial charge in [-0.05, 0) is 38.1 Å². The second-order valence-corrected chi connectivity index (χ2v) is 6.62. The van der Waals surface area contributed by atoms with E-state index in [0.29, 0.717) is 0 Å². The van der Waals surface area contributed by atoms with E-state index in [9.17, 15) is 0 Å². The number of nitrogens with zero attached hydrogens (tertiary/aromatic N) is 2. The molecule has 0 saturated heterocycles. The number of hydrogen-bond acceptors (Lipinski definition) is 5. The van der Waals surface area contributed by atoms with Crippen LogP contribution in [0.1, 0.15) is 25.7 Å². The van der Waals surface area contributed by atoms with Gasteiger partial charge in [-0.3, -0.25) is 0 Å². The van der Waals surface area contributed by atoms with Crippen LogP contribution in [-0.2, 0) is 0 Å². The minimum absolute atomic E-state index is 0.784. The summed E-state index contributed by atoms with van der Waals surface area (Å²) in [6.07, 6.45) is 5.50. The van der Waals surface area contributed by atoms with Gasteiger partial charge < -0.3 is 16.0 Å². The maximum atomic E-state index is 5.79. The maximum Gasteiger partial charge on any atom is 0.183 e. The third-order valence-electron chi connectivity index (χ3n) is 4.10. The van der Waals surface area contributed by atoms with Crippen molar-refractivity contribution < 1.29 is 0 Å². The van der Waals surface area contributed by atoms with Crippen molar-refractivity contribution in [1.82, 2.24) is 9.88 Å². The van der Waals surface area contributed by atoms with Gasteiger partial charge in [0.05, 0.1) is 10.2 Å². The first-order chi connectivity index (χ1) is 9.72. The topological polar surface area (TPSA) is 54.2 Å². The summed E-state index contributed by atoms with van der Waals surface area (Å²) < 4.78 is 1.15. The summed E-state index contributed by atoms with van der Waals surface area (Å²) in [6, 6.07) is 6.66. The molecule has 108 valence electrons. The van der Waals surface area contributed by atoms with Crippen molar-refractivity contribution in [2.75, 3.05) is 31.2 Å². The van der Waals surface area contributed by atoms with Gasteiger partial charge in [0.15, 0.2) is 5.13 Å². The lowest BCUT2D eigenvalue weighted by atomic mass is 10.2. The number of rotatable bonds is 5. The van der Waals surface area contributed by atoms with E-state index in [-0.39, 0.29) is 0 Å². The molecule has 3 rings (SSSR count). The quantitative estimate of drug-likeness (QED) is 0.831. The minimum atomic E-state index is 0.784. The molecule has 1 saturated carbocycles. The Morgan fingerprint density at radius 1 is 1.40 bits per heavy atom. The average molecular weight is 290 g/mol. The van der Waals surface area contributed by atoms with Gasteiger partial charge in [0.2, 0.25) is 0 Å². The van der Waals surface area contributed by atoms with Crippen molar-refractivity contribution >= 4 is 32.4 Å². The van der Waals surface area contributed by atoms with Crippen molar-refractivity contribution in [3.8, 4) is 0 Å². The number of nitrogen functional groups attached to an aromatic ring is 1. The van der Waals surface area contributed by atoms with Crippen LogP contribution in [-0.4, -0.2) is 36.1 Å². The smallest absolute Gasteiger partial charge is 0.183 e. The molecule has 5 heteroatoms. The van der Waals surface area contributed by atoms with E-state index >= 15 is 0 Å². The lowest BCUT2D eigenvalue weighted by molar-refractivity contribution is 0.254. The number of anilines is 2. The van der Waals surface area contributed by atoms with Gasteiger partial charge in [-0.1, -0.05) is 24.2 Å². The van der Waals surface area contributed by atoms with Gasteiger partial charge >= 0.3 is 0 Å². The molecule has 1 aliphatic rings. The lowest BCUT2D eigenvalue weighted by Gasteiger charge is -2.23. The van der Waals surface area contributed by atoms with Crippen molar-refractivity contribution in [1.29, 1.82) is 0 Å². The molecule has 20 heavy (non-hydrogen) atoms. The first-order valence-corrected chi connectivity index (χ1v) is 8.14. The fraction of sp³-hybridized carbons (Fsp3) is 0.533. The molecule has 1 aromatic carbocycles. The highest BCUT2D eigenvalue weighted by molar-refractivity contribution is 7.22. The number of nitrogens with one attached hydrogen (secondary N) is 1. The van der Waals surface area contributed by atoms with Crippen LogP contribution in [0.5, 0.6) is 0 Å². The van der Waals surface area contributed by atoms with Crippen molar-refractivity contribution in [2.45, 2.75) is 31.7 Å². The van der Waals surface area contributed by atoms with E-state index < -0.39 is 0 Å². The van der Waals surface area contributed by atoms with Gasteiger partial charge in [-0.15, -0.1) is 0 Å². The normalized spacial score (nSPS) is 16.3. The molecule has 3 N–H and O–H groups in total. The number of aromatic nitrogens is 1. The van der Waals surface area contributed by atoms with Gasteiger partial charge in [0.1, 0.15) is 0 Å². The molecule has 0 spiro atoms. The molecular formula is C15H22N4S. The Morgan fingerprint density at radius 2 is 2.20 bits per heavy atom. The third kappa shape index (κ3) is 3.04. The minimum Gasteiger partial charge on any atom is -0.399 e. The summed E-state index contributed by atoms with van der Waals surface area (Å²) in [7, 11) is 2.23. The molecule has 0 aliphatic heterocycles. The van der Waals surface area contributed by atoms with E-state index in [1.165, 1.54) is 25.7 Å². The molecule has 1 heterocycles. The fourth-order valence-electron chi connectivity index (χ4n) is 2.88. The maximum absolute atomic E-state index is 5.79. The Labute approximate surface area is 124 Å². The van der Waals surface area contributed by atoms with Crippen LogP contribution in [0.2, 0.25) is 0 Å². The van der Waals surface area contributed by atoms with Crippen molar-refractivity contribution in [3.05, 3.63) is 18.2 Å². The average Bonchev–Trinajstić information content (AvgIpc) is 3.06. The van der Waals surface area contributed by atoms with Gasteiger partial charge in [0.25, 0.3) is 0 Å². The summed E-state index contributed by atoms with van der Waals surface area (Å²) in [5.74, 6) is 0. The van der Waals surface area contributed by atoms with E-state index in [4.69, 9.17) is 5.73 Å². The molecule has 4 nitrogen and oxygen atoms in total. The van der Waals surface area contributed by atoms with Crippen LogP contribution in [0.3, 0.4) is 0 Å². The summed E-state index contributed by atoms with van der Waals surface area (Å²) >= 11 is 1.67. The van der Waals surface area contributed by atoms with Crippen LogP contribution < -0.4 is 11.1 Å². The number of nitrogens with two attached hydrogens (primary N) is 1. The van der Waals surface area contributed by atoms with Crippen LogP contribution in [0, 0.1) is 0 Å². The number of hydrogen-bond donors (Lipinski definition) is 2. The highest BCUT2D eigenvalue weighted by Gasteiger charge is 2.18. The molecular weight excluding hydrogens is 268 g/mol. The summed E-state index contributed by atoms with van der Waals surface area (Å²) in [5.41, 5.74) is 7.62. The SMILES string of the molecule is CN(CCNc1nc2ccc(N)cc2s1)C1CCCC1. The molecule has 0 atom stereocenters. The molecule has 1 aromatic heterocycles. The van der Waals surface area contributed by atoms with Crippen LogP contribution in [0.15, 0.2) is 18.2 Å². The van der Waals surface area contributed by atoms with E-state index in [2.05, 4.69) is 22.2 Å². The summed E-state index contributed by atoms with van der Waals surface area (Å²) in [5, 5.41) is 4.42. The second kappa shape index (κ2) is 5.97. The van der Waals surface area contributed by atoms with Gasteiger partial charge in [-0.25, -0.2) is 4.98 Å². The predicted octanol–water partition coefficient (Wildman–Crippen LogP) is 3.16. The molecule has 0 bridgehead atoms. The molecule has 1 fully saturated rings. The zero-order valence-electron chi connectivity index (χ0n) is 11.9. The molecule has 0 amide bonds. The molecule has 0 unspecified atom stereocenters. The van der Waals surface area contributed by atoms with Crippen LogP contribution in [0.4, 0.5) is 10.8 Å². The van der Waals surface area contributed by atoms with E-state index in [0.717, 1.165) is 40.2 Å². The lowest BCUT2D eigenvalue weighted by Crippen LogP contribution is -2.33. The fourth-order valence-corrected chi connectivity index (χ4v) is 3.82. The van der Waals surface area contributed by atoms with Crippen molar-refractivity contribution in [3.63, 3.8) is 0 Å². The summed E-state index contributed by atoms with van der Waals surface area (Å²) in [6.45, 7) is 2.02. The highest BCUT2D eigenvalue weighted by Crippen LogP contribution is 2.27. The Hall–Kier alpha value is -1.33. The van der Waals surface area contributed by atoms with E-state index in [1.54, 1.807) is 11.3 Å². The Morgan fingerprint density at radius 3 is 3.00 bits per heavy atom.